The van der Waals surface area contributed by atoms with E-state index >= 15 is 0 Å². The van der Waals surface area contributed by atoms with Crippen molar-refractivity contribution >= 4 is 27.4 Å². The molecule has 2 aromatic heterocycles. The van der Waals surface area contributed by atoms with E-state index in [9.17, 15) is 4.79 Å². The Labute approximate surface area is 126 Å². The fraction of sp³-hybridized carbons (Fsp3) is 0.188. The van der Waals surface area contributed by atoms with E-state index in [1.165, 1.54) is 17.2 Å². The number of carbonyl (C=O) groups is 1. The second-order valence-electron chi connectivity index (χ2n) is 4.60. The lowest BCUT2D eigenvalue weighted by molar-refractivity contribution is 0.0562. The third-order valence-corrected chi connectivity index (χ3v) is 4.50. The van der Waals surface area contributed by atoms with Gasteiger partial charge in [0.05, 0.1) is 7.11 Å². The van der Waals surface area contributed by atoms with Gasteiger partial charge >= 0.3 is 5.97 Å². The van der Waals surface area contributed by atoms with Crippen LogP contribution in [0.25, 0.3) is 10.1 Å². The first-order valence-corrected chi connectivity index (χ1v) is 7.38. The quantitative estimate of drug-likeness (QED) is 0.748. The molecule has 2 heterocycles. The van der Waals surface area contributed by atoms with Crippen molar-refractivity contribution in [1.82, 2.24) is 5.32 Å². The fourth-order valence-corrected chi connectivity index (χ4v) is 3.47. The second kappa shape index (κ2) is 5.71. The predicted octanol–water partition coefficient (Wildman–Crippen LogP) is 3.59. The molecule has 0 bridgehead atoms. The highest BCUT2D eigenvalue weighted by Gasteiger charge is 2.20. The largest absolute Gasteiger partial charge is 0.463 e. The van der Waals surface area contributed by atoms with Crippen molar-refractivity contribution in [2.45, 2.75) is 6.04 Å². The number of benzene rings is 1. The Kier molecular flexibility index (Phi) is 3.77. The molecule has 1 N–H and O–H groups in total. The lowest BCUT2D eigenvalue weighted by atomic mass is 10.1. The van der Waals surface area contributed by atoms with Gasteiger partial charge in [-0.1, -0.05) is 18.2 Å². The summed E-state index contributed by atoms with van der Waals surface area (Å²) in [4.78, 5) is 12.6. The molecule has 0 saturated heterocycles. The molecule has 3 rings (SSSR count). The number of nitrogens with one attached hydrogen (secondary N) is 1. The maximum Gasteiger partial charge on any atom is 0.373 e. The molecule has 0 radical (unpaired) electrons. The number of hydrogen-bond acceptors (Lipinski definition) is 5. The van der Waals surface area contributed by atoms with Crippen LogP contribution in [0.2, 0.25) is 0 Å². The van der Waals surface area contributed by atoms with E-state index in [2.05, 4.69) is 28.3 Å². The van der Waals surface area contributed by atoms with E-state index in [1.54, 1.807) is 23.5 Å². The van der Waals surface area contributed by atoms with Crippen molar-refractivity contribution in [3.63, 3.8) is 0 Å². The van der Waals surface area contributed by atoms with Crippen LogP contribution in [-0.4, -0.2) is 20.1 Å². The van der Waals surface area contributed by atoms with Crippen LogP contribution in [0.5, 0.6) is 0 Å². The summed E-state index contributed by atoms with van der Waals surface area (Å²) < 4.78 is 11.5. The van der Waals surface area contributed by atoms with E-state index in [0.29, 0.717) is 5.76 Å². The summed E-state index contributed by atoms with van der Waals surface area (Å²) in [5, 5.41) is 4.44. The Morgan fingerprint density at radius 2 is 2.10 bits per heavy atom. The topological polar surface area (TPSA) is 51.5 Å². The normalized spacial score (nSPS) is 12.5. The molecule has 0 saturated carbocycles. The summed E-state index contributed by atoms with van der Waals surface area (Å²) >= 11 is 1.71. The highest BCUT2D eigenvalue weighted by Crippen LogP contribution is 2.33. The molecule has 1 unspecified atom stereocenters. The van der Waals surface area contributed by atoms with Crippen LogP contribution in [-0.2, 0) is 4.74 Å². The first kappa shape index (κ1) is 13.9. The van der Waals surface area contributed by atoms with Crippen molar-refractivity contribution in [3.8, 4) is 0 Å². The molecule has 0 fully saturated rings. The number of hydrogen-bond donors (Lipinski definition) is 1. The molecule has 0 spiro atoms. The summed E-state index contributed by atoms with van der Waals surface area (Å²) in [6.45, 7) is 0. The van der Waals surface area contributed by atoms with Crippen LogP contribution < -0.4 is 5.32 Å². The fourth-order valence-electron chi connectivity index (χ4n) is 2.29. The van der Waals surface area contributed by atoms with Gasteiger partial charge in [0.15, 0.2) is 0 Å². The molecular weight excluding hydrogens is 286 g/mol. The summed E-state index contributed by atoms with van der Waals surface area (Å²) in [7, 11) is 3.21. The maximum absolute atomic E-state index is 11.5. The average Bonchev–Trinajstić information content (AvgIpc) is 3.14. The minimum absolute atomic E-state index is 0.0826. The van der Waals surface area contributed by atoms with Crippen molar-refractivity contribution < 1.29 is 13.9 Å². The van der Waals surface area contributed by atoms with Gasteiger partial charge in [-0.05, 0) is 36.7 Å². The highest BCUT2D eigenvalue weighted by atomic mass is 32.1. The number of rotatable bonds is 4. The predicted molar refractivity (Wildman–Crippen MR) is 82.8 cm³/mol. The summed E-state index contributed by atoms with van der Waals surface area (Å²) in [6.07, 6.45) is 0. The highest BCUT2D eigenvalue weighted by molar-refractivity contribution is 7.19. The van der Waals surface area contributed by atoms with E-state index in [4.69, 9.17) is 4.42 Å². The first-order valence-electron chi connectivity index (χ1n) is 6.56. The lowest BCUT2D eigenvalue weighted by Gasteiger charge is -2.11. The van der Waals surface area contributed by atoms with Gasteiger partial charge in [-0.3, -0.25) is 0 Å². The van der Waals surface area contributed by atoms with Crippen LogP contribution in [0.3, 0.4) is 0 Å². The maximum atomic E-state index is 11.5. The monoisotopic (exact) mass is 301 g/mol. The molecule has 3 aromatic rings. The summed E-state index contributed by atoms with van der Waals surface area (Å²) in [6, 6.07) is 13.7. The second-order valence-corrected chi connectivity index (χ2v) is 5.72. The minimum Gasteiger partial charge on any atom is -0.463 e. The molecule has 0 amide bonds. The number of methoxy groups -OCH3 is 1. The molecule has 21 heavy (non-hydrogen) atoms. The number of fused-ring (bicyclic) bond motifs is 1. The van der Waals surface area contributed by atoms with Gasteiger partial charge in [-0.15, -0.1) is 11.3 Å². The first-order chi connectivity index (χ1) is 10.2. The smallest absolute Gasteiger partial charge is 0.373 e. The van der Waals surface area contributed by atoms with E-state index in [0.717, 1.165) is 4.88 Å². The Morgan fingerprint density at radius 1 is 1.29 bits per heavy atom. The van der Waals surface area contributed by atoms with E-state index in [-0.39, 0.29) is 11.8 Å². The van der Waals surface area contributed by atoms with Gasteiger partial charge in [0.2, 0.25) is 5.76 Å². The minimum atomic E-state index is -0.465. The molecule has 5 heteroatoms. The molecular formula is C16H15NO3S. The van der Waals surface area contributed by atoms with Crippen molar-refractivity contribution in [3.05, 3.63) is 58.9 Å². The van der Waals surface area contributed by atoms with Crippen LogP contribution in [0.15, 0.2) is 46.9 Å². The van der Waals surface area contributed by atoms with Crippen LogP contribution in [0, 0.1) is 0 Å². The molecule has 108 valence electrons. The number of esters is 1. The van der Waals surface area contributed by atoms with E-state index in [1.807, 2.05) is 19.2 Å². The zero-order valence-electron chi connectivity index (χ0n) is 11.8. The molecule has 0 aliphatic heterocycles. The third kappa shape index (κ3) is 2.57. The molecule has 1 aromatic carbocycles. The molecule has 4 nitrogen and oxygen atoms in total. The van der Waals surface area contributed by atoms with Crippen molar-refractivity contribution in [2.24, 2.45) is 0 Å². The number of furan rings is 1. The van der Waals surface area contributed by atoms with Gasteiger partial charge < -0.3 is 14.5 Å². The van der Waals surface area contributed by atoms with Gasteiger partial charge in [0.1, 0.15) is 11.8 Å². The molecule has 1 atom stereocenters. The lowest BCUT2D eigenvalue weighted by Crippen LogP contribution is -2.15. The van der Waals surface area contributed by atoms with Crippen molar-refractivity contribution in [2.75, 3.05) is 14.2 Å². The van der Waals surface area contributed by atoms with Gasteiger partial charge in [-0.25, -0.2) is 4.79 Å². The number of thiophene rings is 1. The average molecular weight is 301 g/mol. The van der Waals surface area contributed by atoms with Crippen LogP contribution in [0.4, 0.5) is 0 Å². The molecule has 0 aliphatic carbocycles. The zero-order chi connectivity index (χ0) is 14.8. The van der Waals surface area contributed by atoms with E-state index < -0.39 is 5.97 Å². The van der Waals surface area contributed by atoms with Gasteiger partial charge in [0.25, 0.3) is 0 Å². The SMILES string of the molecule is CNC(c1ccc(C(=O)OC)o1)c1cc2ccccc2s1. The summed E-state index contributed by atoms with van der Waals surface area (Å²) in [5.74, 6) is 0.450. The zero-order valence-corrected chi connectivity index (χ0v) is 12.6. The standard InChI is InChI=1S/C16H15NO3S/c1-17-15(11-7-8-12(20-11)16(18)19-2)14-9-10-5-3-4-6-13(10)21-14/h3-9,15,17H,1-2H3. The third-order valence-electron chi connectivity index (χ3n) is 3.32. The van der Waals surface area contributed by atoms with Crippen molar-refractivity contribution in [1.29, 1.82) is 0 Å². The number of ether oxygens (including phenoxy) is 1. The van der Waals surface area contributed by atoms with Crippen LogP contribution >= 0.6 is 11.3 Å². The van der Waals surface area contributed by atoms with Crippen LogP contribution in [0.1, 0.15) is 27.2 Å². The Bertz CT molecular complexity index is 742. The Morgan fingerprint density at radius 3 is 2.81 bits per heavy atom. The Hall–Kier alpha value is -2.11. The molecule has 0 aliphatic rings. The number of carbonyl (C=O) groups excluding carboxylic acids is 1. The summed E-state index contributed by atoms with van der Waals surface area (Å²) in [5.41, 5.74) is 0. The van der Waals surface area contributed by atoms with Gasteiger partial charge in [-0.2, -0.15) is 0 Å². The Balaban J connectivity index is 1.97. The van der Waals surface area contributed by atoms with Gasteiger partial charge in [0, 0.05) is 9.58 Å².